The van der Waals surface area contributed by atoms with Crippen molar-refractivity contribution < 1.29 is 4.79 Å². The average molecular weight is 364 g/mol. The summed E-state index contributed by atoms with van der Waals surface area (Å²) < 4.78 is 0.535. The van der Waals surface area contributed by atoms with E-state index in [0.29, 0.717) is 11.0 Å². The van der Waals surface area contributed by atoms with Crippen molar-refractivity contribution in [3.05, 3.63) is 39.3 Å². The molecule has 1 N–H and O–H groups in total. The molecule has 0 atom stereocenters. The molecule has 0 saturated carbocycles. The Labute approximate surface area is 151 Å². The van der Waals surface area contributed by atoms with Crippen LogP contribution in [-0.4, -0.2) is 23.9 Å². The van der Waals surface area contributed by atoms with Crippen molar-refractivity contribution in [3.8, 4) is 0 Å². The highest BCUT2D eigenvalue weighted by Gasteiger charge is 2.18. The third-order valence-corrected chi connectivity index (χ3v) is 5.62. The van der Waals surface area contributed by atoms with Gasteiger partial charge in [0.1, 0.15) is 0 Å². The van der Waals surface area contributed by atoms with Crippen LogP contribution in [0.15, 0.2) is 24.4 Å². The zero-order valence-corrected chi connectivity index (χ0v) is 15.6. The van der Waals surface area contributed by atoms with E-state index in [4.69, 9.17) is 11.6 Å². The Hall–Kier alpha value is -1.59. The molecule has 128 valence electrons. The second-order valence-electron chi connectivity index (χ2n) is 6.39. The third kappa shape index (κ3) is 4.08. The highest BCUT2D eigenvalue weighted by molar-refractivity contribution is 7.15. The quantitative estimate of drug-likeness (QED) is 0.771. The fourth-order valence-corrected chi connectivity index (χ4v) is 3.91. The Morgan fingerprint density at radius 3 is 2.79 bits per heavy atom. The first-order valence-electron chi connectivity index (χ1n) is 8.27. The van der Waals surface area contributed by atoms with Crippen molar-refractivity contribution in [2.24, 2.45) is 5.92 Å². The molecule has 3 rings (SSSR count). The first-order valence-corrected chi connectivity index (χ1v) is 9.46. The molecule has 2 aromatic rings. The van der Waals surface area contributed by atoms with Crippen LogP contribution in [-0.2, 0) is 6.54 Å². The Bertz CT molecular complexity index is 723. The normalized spacial score (nSPS) is 15.5. The number of nitrogens with zero attached hydrogens (tertiary/aromatic N) is 2. The van der Waals surface area contributed by atoms with Gasteiger partial charge >= 0.3 is 0 Å². The van der Waals surface area contributed by atoms with Crippen molar-refractivity contribution in [3.63, 3.8) is 0 Å². The summed E-state index contributed by atoms with van der Waals surface area (Å²) in [6, 6.07) is 6.12. The fourth-order valence-electron chi connectivity index (χ4n) is 2.99. The highest BCUT2D eigenvalue weighted by Crippen LogP contribution is 2.28. The van der Waals surface area contributed by atoms with Gasteiger partial charge in [-0.1, -0.05) is 18.5 Å². The number of ketones is 1. The van der Waals surface area contributed by atoms with E-state index >= 15 is 0 Å². The summed E-state index contributed by atoms with van der Waals surface area (Å²) in [5, 5.41) is 3.33. The summed E-state index contributed by atoms with van der Waals surface area (Å²) in [7, 11) is 0. The van der Waals surface area contributed by atoms with Gasteiger partial charge in [-0.2, -0.15) is 0 Å². The molecule has 1 aromatic carbocycles. The minimum Gasteiger partial charge on any atom is -0.379 e. The predicted molar refractivity (Wildman–Crippen MR) is 102 cm³/mol. The summed E-state index contributed by atoms with van der Waals surface area (Å²) in [5.74, 6) is 0.868. The number of hydrogen-bond donors (Lipinski definition) is 1. The Kier molecular flexibility index (Phi) is 5.41. The number of benzene rings is 1. The molecule has 1 aliphatic rings. The van der Waals surface area contributed by atoms with Crippen molar-refractivity contribution in [2.45, 2.75) is 33.2 Å². The van der Waals surface area contributed by atoms with E-state index in [1.165, 1.54) is 24.2 Å². The molecule has 0 amide bonds. The topological polar surface area (TPSA) is 45.2 Å². The van der Waals surface area contributed by atoms with Gasteiger partial charge in [-0.25, -0.2) is 4.98 Å². The summed E-state index contributed by atoms with van der Waals surface area (Å²) in [4.78, 5) is 19.5. The summed E-state index contributed by atoms with van der Waals surface area (Å²) in [6.07, 6.45) is 4.18. The van der Waals surface area contributed by atoms with E-state index in [2.05, 4.69) is 28.2 Å². The van der Waals surface area contributed by atoms with Crippen LogP contribution in [0.3, 0.4) is 0 Å². The molecule has 1 aromatic heterocycles. The van der Waals surface area contributed by atoms with Gasteiger partial charge in [-0.05, 0) is 43.9 Å². The Balaban J connectivity index is 1.75. The van der Waals surface area contributed by atoms with Crippen LogP contribution in [0.2, 0.25) is 4.47 Å². The lowest BCUT2D eigenvalue weighted by Gasteiger charge is -2.32. The molecule has 1 fully saturated rings. The van der Waals surface area contributed by atoms with Crippen LogP contribution in [0.4, 0.5) is 11.4 Å². The standard InChI is InChI=1S/C18H22ClN3OS/c1-12-5-7-22(8-6-12)14-3-4-17(16(9-14)13(2)23)20-10-15-11-21-18(19)24-15/h3-4,9,11-12,20H,5-8,10H2,1-2H3. The smallest absolute Gasteiger partial charge is 0.183 e. The molecule has 0 unspecified atom stereocenters. The molecule has 1 aliphatic heterocycles. The molecule has 2 heterocycles. The maximum absolute atomic E-state index is 12.1. The van der Waals surface area contributed by atoms with Gasteiger partial charge in [-0.3, -0.25) is 4.79 Å². The largest absolute Gasteiger partial charge is 0.379 e. The summed E-state index contributed by atoms with van der Waals surface area (Å²) >= 11 is 7.31. The molecule has 0 radical (unpaired) electrons. The second kappa shape index (κ2) is 7.53. The van der Waals surface area contributed by atoms with Gasteiger partial charge in [0.05, 0.1) is 6.54 Å². The zero-order valence-electron chi connectivity index (χ0n) is 14.0. The first kappa shape index (κ1) is 17.2. The fraction of sp³-hybridized carbons (Fsp3) is 0.444. The van der Waals surface area contributed by atoms with Crippen molar-refractivity contribution >= 4 is 40.1 Å². The monoisotopic (exact) mass is 363 g/mol. The van der Waals surface area contributed by atoms with Gasteiger partial charge in [0, 0.05) is 41.1 Å². The second-order valence-corrected chi connectivity index (χ2v) is 8.09. The Morgan fingerprint density at radius 2 is 2.17 bits per heavy atom. The number of aromatic nitrogens is 1. The van der Waals surface area contributed by atoms with Crippen LogP contribution in [0.5, 0.6) is 0 Å². The molecule has 6 heteroatoms. The number of piperidine rings is 1. The molecule has 1 saturated heterocycles. The van der Waals surface area contributed by atoms with E-state index in [1.54, 1.807) is 13.1 Å². The van der Waals surface area contributed by atoms with Crippen LogP contribution in [0.25, 0.3) is 0 Å². The lowest BCUT2D eigenvalue weighted by molar-refractivity contribution is 0.101. The van der Waals surface area contributed by atoms with E-state index in [0.717, 1.165) is 40.8 Å². The van der Waals surface area contributed by atoms with Gasteiger partial charge in [0.25, 0.3) is 0 Å². The maximum atomic E-state index is 12.1. The third-order valence-electron chi connectivity index (χ3n) is 4.51. The van der Waals surface area contributed by atoms with E-state index < -0.39 is 0 Å². The molecule has 0 spiro atoms. The lowest BCUT2D eigenvalue weighted by Crippen LogP contribution is -2.32. The SMILES string of the molecule is CC(=O)c1cc(N2CCC(C)CC2)ccc1NCc1cnc(Cl)s1. The number of hydrogen-bond acceptors (Lipinski definition) is 5. The van der Waals surface area contributed by atoms with Crippen LogP contribution in [0, 0.1) is 5.92 Å². The van der Waals surface area contributed by atoms with Crippen molar-refractivity contribution in [1.82, 2.24) is 4.98 Å². The molecule has 0 aliphatic carbocycles. The number of nitrogens with one attached hydrogen (secondary N) is 1. The number of anilines is 2. The molecule has 24 heavy (non-hydrogen) atoms. The predicted octanol–water partition coefficient (Wildman–Crippen LogP) is 4.85. The van der Waals surface area contributed by atoms with Gasteiger partial charge in [0.2, 0.25) is 0 Å². The number of carbonyl (C=O) groups is 1. The lowest BCUT2D eigenvalue weighted by atomic mass is 9.98. The number of rotatable bonds is 5. The molecular formula is C18H22ClN3OS. The summed E-state index contributed by atoms with van der Waals surface area (Å²) in [6.45, 7) is 6.66. The van der Waals surface area contributed by atoms with Gasteiger partial charge < -0.3 is 10.2 Å². The number of halogens is 1. The molecule has 4 nitrogen and oxygen atoms in total. The first-order chi connectivity index (χ1) is 11.5. The van der Waals surface area contributed by atoms with Crippen molar-refractivity contribution in [2.75, 3.05) is 23.3 Å². The van der Waals surface area contributed by atoms with E-state index in [9.17, 15) is 4.79 Å². The Morgan fingerprint density at radius 1 is 1.42 bits per heavy atom. The average Bonchev–Trinajstić information content (AvgIpc) is 2.99. The molecule has 0 bridgehead atoms. The number of thiazole rings is 1. The van der Waals surface area contributed by atoms with E-state index in [1.807, 2.05) is 12.1 Å². The number of Topliss-reactive ketones (excluding diaryl/α,β-unsaturated/α-hetero) is 1. The molecular weight excluding hydrogens is 342 g/mol. The van der Waals surface area contributed by atoms with E-state index in [-0.39, 0.29) is 5.78 Å². The van der Waals surface area contributed by atoms with Gasteiger partial charge in [0.15, 0.2) is 10.3 Å². The van der Waals surface area contributed by atoms with Crippen molar-refractivity contribution in [1.29, 1.82) is 0 Å². The van der Waals surface area contributed by atoms with Crippen LogP contribution >= 0.6 is 22.9 Å². The van der Waals surface area contributed by atoms with Crippen LogP contribution < -0.4 is 10.2 Å². The zero-order chi connectivity index (χ0) is 17.1. The minimum absolute atomic E-state index is 0.0760. The minimum atomic E-state index is 0.0760. The number of carbonyl (C=O) groups excluding carboxylic acids is 1. The maximum Gasteiger partial charge on any atom is 0.183 e. The van der Waals surface area contributed by atoms with Gasteiger partial charge in [-0.15, -0.1) is 11.3 Å². The van der Waals surface area contributed by atoms with Crippen LogP contribution in [0.1, 0.15) is 41.9 Å². The summed E-state index contributed by atoms with van der Waals surface area (Å²) in [5.41, 5.74) is 2.74. The highest BCUT2D eigenvalue weighted by atomic mass is 35.5.